The fourth-order valence-corrected chi connectivity index (χ4v) is 10.0. The molecule has 4 amide bonds. The summed E-state index contributed by atoms with van der Waals surface area (Å²) in [7, 11) is 0. The van der Waals surface area contributed by atoms with E-state index in [9.17, 15) is 38.7 Å². The number of aliphatic carboxylic acids is 1. The number of carbonyl (C=O) groups excluding carboxylic acids is 6. The Bertz CT molecular complexity index is 3300. The Morgan fingerprint density at radius 1 is 0.488 bits per heavy atom. The molecule has 0 radical (unpaired) electrons. The van der Waals surface area contributed by atoms with Crippen molar-refractivity contribution in [1.82, 2.24) is 16.0 Å². The molecule has 4 N–H and O–H groups in total. The Morgan fingerprint density at radius 2 is 0.857 bits per heavy atom. The van der Waals surface area contributed by atoms with Crippen LogP contribution < -0.4 is 25.4 Å². The van der Waals surface area contributed by atoms with Crippen LogP contribution in [0.5, 0.6) is 11.5 Å². The van der Waals surface area contributed by atoms with Crippen LogP contribution in [0.25, 0.3) is 0 Å². The number of rotatable bonds is 25. The second kappa shape index (κ2) is 26.0. The van der Waals surface area contributed by atoms with Gasteiger partial charge in [0, 0.05) is 17.4 Å². The molecule has 1 saturated heterocycles. The second-order valence-electron chi connectivity index (χ2n) is 24.4. The van der Waals surface area contributed by atoms with Gasteiger partial charge in [-0.15, -0.1) is 0 Å². The number of carboxylic acid groups (broad SMARTS) is 1. The van der Waals surface area contributed by atoms with E-state index in [4.69, 9.17) is 23.7 Å². The molecule has 0 spiro atoms. The van der Waals surface area contributed by atoms with Gasteiger partial charge in [-0.2, -0.15) is 14.8 Å². The maximum absolute atomic E-state index is 13.7. The molecule has 0 aliphatic carbocycles. The number of nitrogens with zero attached hydrogens (tertiary/aromatic N) is 3. The molecular formula is C65H79N6O13+. The Hall–Kier alpha value is -8.47. The van der Waals surface area contributed by atoms with Crippen LogP contribution in [0.3, 0.4) is 0 Å². The molecule has 0 saturated carbocycles. The lowest BCUT2D eigenvalue weighted by atomic mass is 9.73. The Labute approximate surface area is 491 Å². The molecule has 1 fully saturated rings. The summed E-state index contributed by atoms with van der Waals surface area (Å²) in [5.74, 6) is -0.445. The fraction of sp³-hybridized carbons (Fsp3) is 0.431. The number of ether oxygens (including phenoxy) is 5. The number of carboxylic acids is 1. The van der Waals surface area contributed by atoms with Crippen molar-refractivity contribution in [1.29, 1.82) is 0 Å². The van der Waals surface area contributed by atoms with E-state index < -0.39 is 69.0 Å². The highest BCUT2D eigenvalue weighted by molar-refractivity contribution is 5.73. The zero-order valence-corrected chi connectivity index (χ0v) is 50.4. The van der Waals surface area contributed by atoms with Crippen LogP contribution in [0.4, 0.5) is 19.2 Å². The quantitative estimate of drug-likeness (QED) is 0.0140. The molecule has 1 aliphatic rings. The van der Waals surface area contributed by atoms with E-state index in [1.807, 2.05) is 135 Å². The summed E-state index contributed by atoms with van der Waals surface area (Å²) in [4.78, 5) is 94.9. The minimum atomic E-state index is -0.967. The monoisotopic (exact) mass is 1150 g/mol. The number of aliphatic imine (C=N–C) groups is 2. The van der Waals surface area contributed by atoms with Gasteiger partial charge in [-0.05, 0) is 159 Å². The number of isocyanates is 2. The first kappa shape index (κ1) is 64.7. The Balaban J connectivity index is 0.997. The van der Waals surface area contributed by atoms with Gasteiger partial charge < -0.3 is 44.7 Å². The third kappa shape index (κ3) is 15.8. The van der Waals surface area contributed by atoms with E-state index in [-0.39, 0.29) is 55.3 Å². The second-order valence-corrected chi connectivity index (χ2v) is 24.4. The lowest BCUT2D eigenvalue weighted by Crippen LogP contribution is -2.49. The molecule has 6 rings (SSSR count). The Kier molecular flexibility index (Phi) is 20.0. The first-order chi connectivity index (χ1) is 39.3. The fourth-order valence-electron chi connectivity index (χ4n) is 10.0. The van der Waals surface area contributed by atoms with Gasteiger partial charge in [-0.25, -0.2) is 28.5 Å². The van der Waals surface area contributed by atoms with E-state index in [0.717, 1.165) is 44.5 Å². The van der Waals surface area contributed by atoms with Gasteiger partial charge in [0.05, 0.1) is 40.9 Å². The molecule has 5 aromatic carbocycles. The SMILES string of the molecule is CC(C)(N=C=O)c1cccc(C(C)(C)NC(=O)OCCOCCOC(=O)[N+]2(C(C)(C)c3cccc(C(C)(C)NC(=O)Oc4ccc(C(C)(CCC(=O)O)c5ccc(OC(=O)NC(C)(C)c6cccc(C(C)(C)N=C=O)c6)cc5)cc4)c3)CC2)c1. The number of benzene rings is 5. The number of alkyl carbamates (subject to hydrolysis) is 1. The highest BCUT2D eigenvalue weighted by atomic mass is 16.6. The average Bonchev–Trinajstić information content (AvgIpc) is 1.74. The van der Waals surface area contributed by atoms with Crippen molar-refractivity contribution in [3.8, 4) is 11.5 Å². The van der Waals surface area contributed by atoms with Crippen LogP contribution >= 0.6 is 0 Å². The molecular weight excluding hydrogens is 1070 g/mol. The summed E-state index contributed by atoms with van der Waals surface area (Å²) in [5.41, 5.74) is 0.554. The van der Waals surface area contributed by atoms with E-state index in [2.05, 4.69) is 25.9 Å². The van der Waals surface area contributed by atoms with Crippen molar-refractivity contribution < 1.29 is 66.8 Å². The lowest BCUT2D eigenvalue weighted by molar-refractivity contribution is -0.789. The predicted molar refractivity (Wildman–Crippen MR) is 315 cm³/mol. The van der Waals surface area contributed by atoms with Gasteiger partial charge in [0.15, 0.2) is 0 Å². The zero-order valence-electron chi connectivity index (χ0n) is 50.4. The number of carbonyl (C=O) groups is 5. The van der Waals surface area contributed by atoms with Gasteiger partial charge in [0.25, 0.3) is 0 Å². The number of hydrogen-bond acceptors (Lipinski definition) is 14. The maximum Gasteiger partial charge on any atom is 0.517 e. The summed E-state index contributed by atoms with van der Waals surface area (Å²) < 4.78 is 28.2. The molecule has 84 heavy (non-hydrogen) atoms. The molecule has 1 heterocycles. The van der Waals surface area contributed by atoms with Crippen molar-refractivity contribution in [2.45, 2.75) is 141 Å². The topological polar surface area (TPSA) is 247 Å². The highest BCUT2D eigenvalue weighted by Crippen LogP contribution is 2.44. The summed E-state index contributed by atoms with van der Waals surface area (Å²) in [5, 5.41) is 18.5. The van der Waals surface area contributed by atoms with Crippen molar-refractivity contribution in [3.05, 3.63) is 166 Å². The molecule has 19 heteroatoms. The van der Waals surface area contributed by atoms with Crippen molar-refractivity contribution in [2.75, 3.05) is 39.5 Å². The maximum atomic E-state index is 13.7. The van der Waals surface area contributed by atoms with Gasteiger partial charge in [0.2, 0.25) is 12.2 Å². The van der Waals surface area contributed by atoms with E-state index >= 15 is 0 Å². The molecule has 1 unspecified atom stereocenters. The molecule has 446 valence electrons. The minimum absolute atomic E-state index is 0.00631. The van der Waals surface area contributed by atoms with Crippen LogP contribution in [0, 0.1) is 0 Å². The molecule has 1 aliphatic heterocycles. The molecule has 0 aromatic heterocycles. The van der Waals surface area contributed by atoms with Crippen molar-refractivity contribution in [3.63, 3.8) is 0 Å². The summed E-state index contributed by atoms with van der Waals surface area (Å²) in [6, 6.07) is 36.3. The van der Waals surface area contributed by atoms with Crippen molar-refractivity contribution in [2.24, 2.45) is 9.98 Å². The largest absolute Gasteiger partial charge is 0.517 e. The molecule has 0 bridgehead atoms. The first-order valence-electron chi connectivity index (χ1n) is 27.8. The van der Waals surface area contributed by atoms with Gasteiger partial charge >= 0.3 is 30.3 Å². The van der Waals surface area contributed by atoms with E-state index in [0.29, 0.717) is 13.1 Å². The number of hydrogen-bond donors (Lipinski definition) is 4. The van der Waals surface area contributed by atoms with E-state index in [1.165, 1.54) is 0 Å². The van der Waals surface area contributed by atoms with Gasteiger partial charge in [0.1, 0.15) is 43.3 Å². The van der Waals surface area contributed by atoms with Crippen LogP contribution in [0.2, 0.25) is 0 Å². The molecule has 19 nitrogen and oxygen atoms in total. The zero-order chi connectivity index (χ0) is 61.9. The standard InChI is InChI=1S/C65H78N6O13/c1-59(2,66-42-72)46-17-14-19-48(39-46)61(5,6)68-55(76)81-37-35-80-36-38-82-58(79)71(33-34-71)64(11,12)51-22-16-21-50(41-51)63(9,10)70-57(78)84-53-29-25-45(26-30-53)65(13,32-31-54(74)75)44-23-27-52(28-24-44)83-56(77)69-62(7,8)49-20-15-18-47(40-49)60(3,4)67-43-73/h14-30,39-41H,31-38H2,1-13H3,(H3-,68,69,70,74,75,76,77,78)/p+1. The van der Waals surface area contributed by atoms with Crippen molar-refractivity contribution >= 4 is 42.5 Å². The number of amides is 4. The molecule has 1 atom stereocenters. The third-order valence-electron chi connectivity index (χ3n) is 16.0. The molecule has 5 aromatic rings. The van der Waals surface area contributed by atoms with Crippen LogP contribution in [-0.2, 0) is 67.2 Å². The summed E-state index contributed by atoms with van der Waals surface area (Å²) in [6.07, 6.45) is 0.891. The normalized spacial score (nSPS) is 14.0. The number of nitrogens with one attached hydrogen (secondary N) is 3. The van der Waals surface area contributed by atoms with Crippen LogP contribution in [-0.4, -0.2) is 91.6 Å². The first-order valence-corrected chi connectivity index (χ1v) is 27.8. The van der Waals surface area contributed by atoms with Gasteiger partial charge in [-0.3, -0.25) is 4.79 Å². The third-order valence-corrected chi connectivity index (χ3v) is 16.0. The predicted octanol–water partition coefficient (Wildman–Crippen LogP) is 11.9. The van der Waals surface area contributed by atoms with E-state index in [1.54, 1.807) is 88.4 Å². The summed E-state index contributed by atoms with van der Waals surface area (Å²) >= 11 is 0. The summed E-state index contributed by atoms with van der Waals surface area (Å²) in [6.45, 7) is 25.4. The minimum Gasteiger partial charge on any atom is -0.481 e. The highest BCUT2D eigenvalue weighted by Gasteiger charge is 2.63. The lowest BCUT2D eigenvalue weighted by Gasteiger charge is -2.34. The number of quaternary nitrogens is 1. The van der Waals surface area contributed by atoms with Crippen LogP contribution in [0.15, 0.2) is 131 Å². The average molecular weight is 1150 g/mol. The van der Waals surface area contributed by atoms with Gasteiger partial charge in [-0.1, -0.05) is 97.9 Å². The Morgan fingerprint density at radius 3 is 1.25 bits per heavy atom. The van der Waals surface area contributed by atoms with Crippen LogP contribution in [0.1, 0.15) is 147 Å². The smallest absolute Gasteiger partial charge is 0.481 e.